The summed E-state index contributed by atoms with van der Waals surface area (Å²) in [4.78, 5) is 11.7. The van der Waals surface area contributed by atoms with E-state index in [1.54, 1.807) is 0 Å². The highest BCUT2D eigenvalue weighted by Gasteiger charge is 2.39. The second kappa shape index (κ2) is 4.63. The zero-order chi connectivity index (χ0) is 12.5. The highest BCUT2D eigenvalue weighted by Crippen LogP contribution is 2.36. The fraction of sp³-hybridized carbons (Fsp3) is 0.533. The molecule has 0 aromatic heterocycles. The first kappa shape index (κ1) is 11.6. The maximum atomic E-state index is 11.7. The molecular formula is C15H18O3. The van der Waals surface area contributed by atoms with E-state index in [2.05, 4.69) is 12.1 Å². The van der Waals surface area contributed by atoms with Crippen molar-refractivity contribution in [3.05, 3.63) is 29.3 Å². The molecule has 2 aliphatic rings. The monoisotopic (exact) mass is 246 g/mol. The number of esters is 1. The third kappa shape index (κ3) is 2.22. The van der Waals surface area contributed by atoms with Gasteiger partial charge < -0.3 is 9.47 Å². The molecule has 1 aromatic rings. The Bertz CT molecular complexity index is 463. The Morgan fingerprint density at radius 3 is 2.78 bits per heavy atom. The van der Waals surface area contributed by atoms with Crippen LogP contribution in [0.2, 0.25) is 0 Å². The smallest absolute Gasteiger partial charge is 0.347 e. The van der Waals surface area contributed by atoms with Gasteiger partial charge in [0.1, 0.15) is 5.75 Å². The average Bonchev–Trinajstić information content (AvgIpc) is 3.12. The van der Waals surface area contributed by atoms with Gasteiger partial charge in [-0.25, -0.2) is 4.79 Å². The molecule has 1 atom stereocenters. The van der Waals surface area contributed by atoms with Crippen molar-refractivity contribution >= 4 is 5.97 Å². The first-order chi connectivity index (χ1) is 8.78. The van der Waals surface area contributed by atoms with Crippen molar-refractivity contribution in [2.24, 2.45) is 5.92 Å². The molecule has 3 rings (SSSR count). The van der Waals surface area contributed by atoms with Gasteiger partial charge in [-0.2, -0.15) is 0 Å². The number of carbonyl (C=O) groups excluding carboxylic acids is 1. The Balaban J connectivity index is 1.76. The Kier molecular flexibility index (Phi) is 2.98. The fourth-order valence-corrected chi connectivity index (χ4v) is 2.62. The van der Waals surface area contributed by atoms with Crippen molar-refractivity contribution < 1.29 is 14.3 Å². The summed E-state index contributed by atoms with van der Waals surface area (Å²) in [7, 11) is 1.42. The Hall–Kier alpha value is -1.51. The van der Waals surface area contributed by atoms with Gasteiger partial charge in [0.05, 0.1) is 7.11 Å². The molecule has 0 N–H and O–H groups in total. The molecule has 1 aromatic carbocycles. The molecule has 2 aliphatic carbocycles. The predicted octanol–water partition coefficient (Wildman–Crippen LogP) is 2.51. The fourth-order valence-electron chi connectivity index (χ4n) is 2.62. The largest absolute Gasteiger partial charge is 0.478 e. The molecule has 0 saturated heterocycles. The minimum Gasteiger partial charge on any atom is -0.478 e. The lowest BCUT2D eigenvalue weighted by molar-refractivity contribution is -0.149. The van der Waals surface area contributed by atoms with Crippen LogP contribution in [0.15, 0.2) is 18.2 Å². The van der Waals surface area contributed by atoms with Crippen molar-refractivity contribution in [1.82, 2.24) is 0 Å². The summed E-state index contributed by atoms with van der Waals surface area (Å²) in [5.41, 5.74) is 2.79. The molecule has 0 bridgehead atoms. The third-order valence-electron chi connectivity index (χ3n) is 3.82. The Morgan fingerprint density at radius 1 is 1.28 bits per heavy atom. The van der Waals surface area contributed by atoms with Gasteiger partial charge in [0, 0.05) is 5.92 Å². The minimum atomic E-state index is -0.422. The van der Waals surface area contributed by atoms with E-state index in [1.165, 1.54) is 31.1 Å². The van der Waals surface area contributed by atoms with E-state index in [4.69, 9.17) is 9.47 Å². The average molecular weight is 246 g/mol. The molecule has 0 amide bonds. The number of carbonyl (C=O) groups is 1. The number of hydrogen-bond acceptors (Lipinski definition) is 3. The molecule has 0 aliphatic heterocycles. The molecule has 18 heavy (non-hydrogen) atoms. The molecule has 3 heteroatoms. The lowest BCUT2D eigenvalue weighted by Gasteiger charge is -2.17. The topological polar surface area (TPSA) is 35.5 Å². The van der Waals surface area contributed by atoms with Crippen LogP contribution in [0.4, 0.5) is 0 Å². The summed E-state index contributed by atoms with van der Waals surface area (Å²) in [6.07, 6.45) is 5.21. The summed E-state index contributed by atoms with van der Waals surface area (Å²) < 4.78 is 10.7. The van der Waals surface area contributed by atoms with Crippen molar-refractivity contribution in [3.63, 3.8) is 0 Å². The van der Waals surface area contributed by atoms with Crippen LogP contribution in [0.1, 0.15) is 30.4 Å². The highest BCUT2D eigenvalue weighted by molar-refractivity contribution is 5.75. The van der Waals surface area contributed by atoms with Crippen molar-refractivity contribution in [2.75, 3.05) is 7.11 Å². The van der Waals surface area contributed by atoms with E-state index in [0.717, 1.165) is 25.0 Å². The summed E-state index contributed by atoms with van der Waals surface area (Å²) in [6.45, 7) is 0. The van der Waals surface area contributed by atoms with Gasteiger partial charge in [0.25, 0.3) is 0 Å². The van der Waals surface area contributed by atoms with Crippen LogP contribution in [0.3, 0.4) is 0 Å². The first-order valence-electron chi connectivity index (χ1n) is 6.64. The third-order valence-corrected chi connectivity index (χ3v) is 3.82. The predicted molar refractivity (Wildman–Crippen MR) is 67.6 cm³/mol. The zero-order valence-corrected chi connectivity index (χ0v) is 10.6. The van der Waals surface area contributed by atoms with E-state index in [0.29, 0.717) is 5.92 Å². The number of fused-ring (bicyclic) bond motifs is 1. The van der Waals surface area contributed by atoms with Crippen LogP contribution in [0.5, 0.6) is 5.75 Å². The SMILES string of the molecule is COC(=O)C(Oc1ccc2c(c1)CCC2)C1CC1. The van der Waals surface area contributed by atoms with E-state index in [9.17, 15) is 4.79 Å². The number of ether oxygens (including phenoxy) is 2. The summed E-state index contributed by atoms with van der Waals surface area (Å²) in [6, 6.07) is 6.18. The molecule has 0 radical (unpaired) electrons. The van der Waals surface area contributed by atoms with Crippen molar-refractivity contribution in [3.8, 4) is 5.75 Å². The zero-order valence-electron chi connectivity index (χ0n) is 10.6. The maximum Gasteiger partial charge on any atom is 0.347 e. The quantitative estimate of drug-likeness (QED) is 0.766. The number of methoxy groups -OCH3 is 1. The second-order valence-electron chi connectivity index (χ2n) is 5.18. The van der Waals surface area contributed by atoms with Crippen LogP contribution in [-0.4, -0.2) is 19.2 Å². The van der Waals surface area contributed by atoms with Gasteiger partial charge in [-0.1, -0.05) is 6.07 Å². The van der Waals surface area contributed by atoms with E-state index in [-0.39, 0.29) is 5.97 Å². The Labute approximate surface area is 107 Å². The van der Waals surface area contributed by atoms with Gasteiger partial charge in [-0.3, -0.25) is 0 Å². The molecule has 1 fully saturated rings. The standard InChI is InChI=1S/C15H18O3/c1-17-15(16)14(11-5-6-11)18-13-8-7-10-3-2-4-12(10)9-13/h7-9,11,14H,2-6H2,1H3. The van der Waals surface area contributed by atoms with Gasteiger partial charge in [-0.05, 0) is 55.4 Å². The lowest BCUT2D eigenvalue weighted by atomic mass is 10.1. The molecule has 96 valence electrons. The van der Waals surface area contributed by atoms with Gasteiger partial charge in [-0.15, -0.1) is 0 Å². The second-order valence-corrected chi connectivity index (χ2v) is 5.18. The lowest BCUT2D eigenvalue weighted by Crippen LogP contribution is -2.30. The number of benzene rings is 1. The Morgan fingerprint density at radius 2 is 2.06 bits per heavy atom. The molecule has 0 heterocycles. The van der Waals surface area contributed by atoms with Crippen LogP contribution in [-0.2, 0) is 22.4 Å². The molecule has 1 saturated carbocycles. The van der Waals surface area contributed by atoms with Crippen LogP contribution >= 0.6 is 0 Å². The normalized spacial score (nSPS) is 19.2. The van der Waals surface area contributed by atoms with Gasteiger partial charge in [0.2, 0.25) is 0 Å². The molecule has 3 nitrogen and oxygen atoms in total. The highest BCUT2D eigenvalue weighted by atomic mass is 16.6. The van der Waals surface area contributed by atoms with E-state index in [1.807, 2.05) is 6.07 Å². The van der Waals surface area contributed by atoms with Crippen LogP contribution in [0, 0.1) is 5.92 Å². The van der Waals surface area contributed by atoms with Gasteiger partial charge in [0.15, 0.2) is 6.10 Å². The number of aryl methyl sites for hydroxylation is 2. The molecule has 1 unspecified atom stereocenters. The summed E-state index contributed by atoms with van der Waals surface area (Å²) in [5, 5.41) is 0. The molecular weight excluding hydrogens is 228 g/mol. The minimum absolute atomic E-state index is 0.252. The maximum absolute atomic E-state index is 11.7. The summed E-state index contributed by atoms with van der Waals surface area (Å²) in [5.74, 6) is 0.890. The number of hydrogen-bond donors (Lipinski definition) is 0. The van der Waals surface area contributed by atoms with Crippen LogP contribution in [0.25, 0.3) is 0 Å². The van der Waals surface area contributed by atoms with E-state index < -0.39 is 6.10 Å². The summed E-state index contributed by atoms with van der Waals surface area (Å²) >= 11 is 0. The van der Waals surface area contributed by atoms with Crippen LogP contribution < -0.4 is 4.74 Å². The number of rotatable bonds is 4. The van der Waals surface area contributed by atoms with Gasteiger partial charge >= 0.3 is 5.97 Å². The van der Waals surface area contributed by atoms with Crippen molar-refractivity contribution in [1.29, 1.82) is 0 Å². The first-order valence-corrected chi connectivity index (χ1v) is 6.64. The molecule has 0 spiro atoms. The van der Waals surface area contributed by atoms with Crippen molar-refractivity contribution in [2.45, 2.75) is 38.2 Å². The van der Waals surface area contributed by atoms with E-state index >= 15 is 0 Å².